The Hall–Kier alpha value is -5.19. The van der Waals surface area contributed by atoms with Crippen LogP contribution in [0.4, 0.5) is 9.59 Å². The molecule has 4 aromatic carbocycles. The zero-order valence-electron chi connectivity index (χ0n) is 27.9. The molecule has 4 aromatic rings. The monoisotopic (exact) mass is 710 g/mol. The predicted molar refractivity (Wildman–Crippen MR) is 191 cm³/mol. The summed E-state index contributed by atoms with van der Waals surface area (Å²) in [5.41, 5.74) is 8.76. The van der Waals surface area contributed by atoms with Crippen molar-refractivity contribution in [3.8, 4) is 22.3 Å². The molecule has 4 aliphatic rings. The fraction of sp³-hybridized carbons (Fsp3) is 0.300. The number of aliphatic hydroxyl groups excluding tert-OH is 1. The lowest BCUT2D eigenvalue weighted by Crippen LogP contribution is -2.31. The van der Waals surface area contributed by atoms with Crippen molar-refractivity contribution >= 4 is 35.0 Å². The molecule has 2 heterocycles. The largest absolute Gasteiger partial charge is 0.508 e. The van der Waals surface area contributed by atoms with E-state index in [-0.39, 0.29) is 62.2 Å². The molecule has 3 N–H and O–H groups in total. The smallest absolute Gasteiger partial charge is 0.453 e. The van der Waals surface area contributed by atoms with Crippen LogP contribution in [0.2, 0.25) is 0 Å². The molecule has 2 aliphatic heterocycles. The SMILES string of the molecule is O=C(Cl)OCC1c2ccccc2-c2ccccc21.O=C1CCC(CO)N1.O=C1CCC(COC(=O)OCC2c3ccccc3-c3ccccc32)N1. The first kappa shape index (κ1) is 35.6. The molecule has 2 saturated heterocycles. The van der Waals surface area contributed by atoms with Gasteiger partial charge < -0.3 is 30.0 Å². The van der Waals surface area contributed by atoms with Gasteiger partial charge in [0.1, 0.15) is 19.8 Å². The van der Waals surface area contributed by atoms with Crippen molar-refractivity contribution in [1.82, 2.24) is 10.6 Å². The van der Waals surface area contributed by atoms with Gasteiger partial charge >= 0.3 is 11.6 Å². The Bertz CT molecular complexity index is 1810. The van der Waals surface area contributed by atoms with E-state index >= 15 is 0 Å². The number of nitrogens with one attached hydrogen (secondary N) is 2. The molecule has 0 bridgehead atoms. The number of hydrogen-bond acceptors (Lipinski definition) is 8. The van der Waals surface area contributed by atoms with Crippen LogP contribution in [0.3, 0.4) is 0 Å². The van der Waals surface area contributed by atoms with Crippen molar-refractivity contribution in [2.45, 2.75) is 49.6 Å². The van der Waals surface area contributed by atoms with Crippen molar-refractivity contribution in [3.63, 3.8) is 0 Å². The summed E-state index contributed by atoms with van der Waals surface area (Å²) in [6.45, 7) is 0.758. The Labute approximate surface area is 301 Å². The van der Waals surface area contributed by atoms with Crippen molar-refractivity contribution in [1.29, 1.82) is 0 Å². The zero-order chi connectivity index (χ0) is 35.7. The summed E-state index contributed by atoms with van der Waals surface area (Å²) in [6.07, 6.45) is 1.84. The van der Waals surface area contributed by atoms with Gasteiger partial charge in [0.25, 0.3) is 0 Å². The fourth-order valence-electron chi connectivity index (χ4n) is 7.01. The molecule has 264 valence electrons. The van der Waals surface area contributed by atoms with Crippen molar-refractivity contribution in [3.05, 3.63) is 119 Å². The van der Waals surface area contributed by atoms with Gasteiger partial charge in [0.15, 0.2) is 0 Å². The zero-order valence-corrected chi connectivity index (χ0v) is 28.6. The first-order valence-electron chi connectivity index (χ1n) is 17.0. The Morgan fingerprint density at radius 2 is 0.961 bits per heavy atom. The lowest BCUT2D eigenvalue weighted by Gasteiger charge is -2.15. The second-order valence-electron chi connectivity index (χ2n) is 12.7. The lowest BCUT2D eigenvalue weighted by atomic mass is 9.98. The van der Waals surface area contributed by atoms with E-state index in [1.165, 1.54) is 44.5 Å². The molecular formula is C40H39ClN2O8. The van der Waals surface area contributed by atoms with E-state index in [4.69, 9.17) is 30.9 Å². The summed E-state index contributed by atoms with van der Waals surface area (Å²) in [5, 5.41) is 13.8. The quantitative estimate of drug-likeness (QED) is 0.143. The number of rotatable bonds is 7. The highest BCUT2D eigenvalue weighted by Gasteiger charge is 2.30. The number of fused-ring (bicyclic) bond motifs is 6. The fourth-order valence-corrected chi connectivity index (χ4v) is 7.07. The molecule has 0 spiro atoms. The number of ether oxygens (including phenoxy) is 3. The minimum atomic E-state index is -0.753. The topological polar surface area (TPSA) is 140 Å². The Morgan fingerprint density at radius 3 is 1.31 bits per heavy atom. The Balaban J connectivity index is 0.000000150. The summed E-state index contributed by atoms with van der Waals surface area (Å²) < 4.78 is 15.5. The molecule has 2 amide bonds. The van der Waals surface area contributed by atoms with E-state index in [9.17, 15) is 19.2 Å². The summed E-state index contributed by atoms with van der Waals surface area (Å²) in [5.74, 6) is 0.163. The molecule has 8 rings (SSSR count). The average Bonchev–Trinajstić information content (AvgIpc) is 3.93. The minimum absolute atomic E-state index is 0.00105. The van der Waals surface area contributed by atoms with Crippen LogP contribution in [0.15, 0.2) is 97.1 Å². The van der Waals surface area contributed by atoms with Gasteiger partial charge in [-0.1, -0.05) is 97.1 Å². The summed E-state index contributed by atoms with van der Waals surface area (Å²) in [4.78, 5) is 44.2. The highest BCUT2D eigenvalue weighted by Crippen LogP contribution is 2.45. The number of carbonyl (C=O) groups excluding carboxylic acids is 4. The standard InChI is InChI=1S/C20H19NO4.C15H11ClO2.C5H9NO2/c22-19-10-9-13(21-19)11-24-20(23)25-12-18-16-7-3-1-5-14(16)15-6-2-4-8-17(15)18;16-15(17)18-9-14-12-7-3-1-5-10(12)11-6-2-4-8-13(11)14;7-3-4-1-2-5(8)6-4/h1-8,13,18H,9-12H2,(H,21,22);1-8,14H,9H2;4,7H,1-3H2,(H,6,8). The average molecular weight is 711 g/mol. The van der Waals surface area contributed by atoms with Crippen LogP contribution in [0.5, 0.6) is 0 Å². The number of halogens is 1. The normalized spacial score (nSPS) is 18.0. The summed E-state index contributed by atoms with van der Waals surface area (Å²) in [6, 6.07) is 32.7. The predicted octanol–water partition coefficient (Wildman–Crippen LogP) is 6.66. The third kappa shape index (κ3) is 8.58. The maximum absolute atomic E-state index is 11.9. The van der Waals surface area contributed by atoms with Crippen LogP contribution < -0.4 is 10.6 Å². The third-order valence-electron chi connectivity index (χ3n) is 9.45. The minimum Gasteiger partial charge on any atom is -0.453 e. The molecule has 2 fully saturated rings. The van der Waals surface area contributed by atoms with Crippen molar-refractivity contribution < 1.29 is 38.5 Å². The van der Waals surface area contributed by atoms with Crippen LogP contribution >= 0.6 is 11.6 Å². The molecule has 0 saturated carbocycles. The number of carbonyl (C=O) groups is 4. The van der Waals surface area contributed by atoms with Gasteiger partial charge in [0, 0.05) is 36.3 Å². The van der Waals surface area contributed by atoms with E-state index in [2.05, 4.69) is 59.2 Å². The third-order valence-corrected chi connectivity index (χ3v) is 9.56. The van der Waals surface area contributed by atoms with E-state index in [0.29, 0.717) is 19.3 Å². The van der Waals surface area contributed by atoms with E-state index in [1.807, 2.05) is 48.5 Å². The molecule has 51 heavy (non-hydrogen) atoms. The lowest BCUT2D eigenvalue weighted by molar-refractivity contribution is -0.120. The van der Waals surface area contributed by atoms with Gasteiger partial charge in [-0.15, -0.1) is 0 Å². The molecule has 2 atom stereocenters. The number of benzene rings is 4. The van der Waals surface area contributed by atoms with E-state index in [0.717, 1.165) is 6.42 Å². The van der Waals surface area contributed by atoms with E-state index < -0.39 is 11.6 Å². The molecule has 0 aromatic heterocycles. The first-order valence-corrected chi connectivity index (χ1v) is 17.4. The number of amides is 2. The summed E-state index contributed by atoms with van der Waals surface area (Å²) >= 11 is 5.25. The molecule has 0 radical (unpaired) electrons. The Kier molecular flexibility index (Phi) is 11.7. The van der Waals surface area contributed by atoms with Gasteiger partial charge in [0.05, 0.1) is 18.7 Å². The highest BCUT2D eigenvalue weighted by atomic mass is 35.5. The molecule has 2 unspecified atom stereocenters. The highest BCUT2D eigenvalue weighted by molar-refractivity contribution is 6.61. The number of aliphatic hydroxyl groups is 1. The van der Waals surface area contributed by atoms with Gasteiger partial charge in [-0.2, -0.15) is 0 Å². The molecular weight excluding hydrogens is 672 g/mol. The first-order chi connectivity index (χ1) is 24.8. The molecule has 2 aliphatic carbocycles. The van der Waals surface area contributed by atoms with E-state index in [1.54, 1.807) is 0 Å². The van der Waals surface area contributed by atoms with Crippen molar-refractivity contribution in [2.75, 3.05) is 26.4 Å². The van der Waals surface area contributed by atoms with Crippen LogP contribution in [0, 0.1) is 0 Å². The van der Waals surface area contributed by atoms with Crippen LogP contribution in [0.25, 0.3) is 22.3 Å². The van der Waals surface area contributed by atoms with Gasteiger partial charge in [-0.25, -0.2) is 9.59 Å². The van der Waals surface area contributed by atoms with Gasteiger partial charge in [0.2, 0.25) is 11.8 Å². The van der Waals surface area contributed by atoms with Crippen LogP contribution in [-0.4, -0.2) is 67.0 Å². The number of hydrogen-bond donors (Lipinski definition) is 3. The Morgan fingerprint density at radius 1 is 0.588 bits per heavy atom. The van der Waals surface area contributed by atoms with Crippen LogP contribution in [0.1, 0.15) is 59.8 Å². The molecule has 11 heteroatoms. The second-order valence-corrected chi connectivity index (χ2v) is 13.0. The molecule has 10 nitrogen and oxygen atoms in total. The van der Waals surface area contributed by atoms with Crippen molar-refractivity contribution in [2.24, 2.45) is 0 Å². The maximum Gasteiger partial charge on any atom is 0.508 e. The summed E-state index contributed by atoms with van der Waals surface area (Å²) in [7, 11) is 0. The van der Waals surface area contributed by atoms with Gasteiger partial charge in [-0.05, 0) is 57.3 Å². The second kappa shape index (κ2) is 16.7. The maximum atomic E-state index is 11.9. The van der Waals surface area contributed by atoms with Crippen LogP contribution in [-0.2, 0) is 23.8 Å². The van der Waals surface area contributed by atoms with Gasteiger partial charge in [-0.3, -0.25) is 9.59 Å².